The number of rotatable bonds is 8. The molecule has 0 radical (unpaired) electrons. The molecule has 2 heterocycles. The van der Waals surface area contributed by atoms with E-state index >= 15 is 0 Å². The highest BCUT2D eigenvalue weighted by Gasteiger charge is 2.18. The maximum absolute atomic E-state index is 12.8. The molecule has 0 saturated carbocycles. The van der Waals surface area contributed by atoms with E-state index in [1.54, 1.807) is 35.2 Å². The van der Waals surface area contributed by atoms with Crippen molar-refractivity contribution in [2.24, 2.45) is 5.10 Å². The van der Waals surface area contributed by atoms with Crippen LogP contribution in [-0.2, 0) is 9.53 Å². The molecule has 1 saturated heterocycles. The molecule has 0 unspecified atom stereocenters. The highest BCUT2D eigenvalue weighted by atomic mass is 35.5. The van der Waals surface area contributed by atoms with E-state index in [9.17, 15) is 9.59 Å². The molecule has 2 amide bonds. The molecule has 1 aliphatic heterocycles. The molecule has 2 aromatic carbocycles. The number of carbonyl (C=O) groups excluding carboxylic acids is 2. The fourth-order valence-corrected chi connectivity index (χ4v) is 4.26. The van der Waals surface area contributed by atoms with Crippen molar-refractivity contribution < 1.29 is 23.8 Å². The second-order valence-corrected chi connectivity index (χ2v) is 8.91. The number of nitrogens with one attached hydrogen (secondary N) is 1. The zero-order chi connectivity index (χ0) is 26.4. The van der Waals surface area contributed by atoms with Crippen molar-refractivity contribution in [1.29, 1.82) is 0 Å². The van der Waals surface area contributed by atoms with E-state index in [4.69, 9.17) is 25.8 Å². The SMILES string of the molecule is COc1cc(C=NNC(=O)c2cc(-n3c(C)ccc3C)ccc2Cl)ccc1OCC(=O)N1CCOCC1. The fourth-order valence-electron chi connectivity index (χ4n) is 4.05. The molecule has 194 valence electrons. The first-order valence-electron chi connectivity index (χ1n) is 11.8. The number of carbonyl (C=O) groups is 2. The standard InChI is InChI=1S/C27H29ClN4O5/c1-18-4-5-19(2)32(18)21-7-8-23(28)22(15-21)27(34)30-29-16-20-6-9-24(25(14-20)35-3)37-17-26(33)31-10-12-36-13-11-31/h4-9,14-16H,10-13,17H2,1-3H3,(H,30,34). The van der Waals surface area contributed by atoms with E-state index in [2.05, 4.69) is 10.5 Å². The van der Waals surface area contributed by atoms with Gasteiger partial charge in [0.25, 0.3) is 11.8 Å². The van der Waals surface area contributed by atoms with Crippen molar-refractivity contribution in [2.75, 3.05) is 40.0 Å². The zero-order valence-electron chi connectivity index (χ0n) is 21.0. The number of ether oxygens (including phenoxy) is 3. The van der Waals surface area contributed by atoms with Crippen LogP contribution in [0.15, 0.2) is 53.6 Å². The van der Waals surface area contributed by atoms with E-state index in [-0.39, 0.29) is 12.5 Å². The first-order chi connectivity index (χ1) is 17.9. The van der Waals surface area contributed by atoms with E-state index in [0.29, 0.717) is 54.0 Å². The van der Waals surface area contributed by atoms with Crippen molar-refractivity contribution in [2.45, 2.75) is 13.8 Å². The summed E-state index contributed by atoms with van der Waals surface area (Å²) in [6.45, 7) is 6.08. The summed E-state index contributed by atoms with van der Waals surface area (Å²) in [5.41, 5.74) is 6.45. The first-order valence-corrected chi connectivity index (χ1v) is 12.2. The molecule has 37 heavy (non-hydrogen) atoms. The highest BCUT2D eigenvalue weighted by molar-refractivity contribution is 6.33. The Morgan fingerprint density at radius 2 is 1.78 bits per heavy atom. The Morgan fingerprint density at radius 1 is 1.05 bits per heavy atom. The second kappa shape index (κ2) is 11.9. The monoisotopic (exact) mass is 524 g/mol. The smallest absolute Gasteiger partial charge is 0.272 e. The number of morpholine rings is 1. The van der Waals surface area contributed by atoms with E-state index < -0.39 is 5.91 Å². The number of aryl methyl sites for hydroxylation is 2. The predicted molar refractivity (Wildman–Crippen MR) is 141 cm³/mol. The second-order valence-electron chi connectivity index (χ2n) is 8.51. The van der Waals surface area contributed by atoms with Gasteiger partial charge in [0.2, 0.25) is 0 Å². The number of hydrogen-bond acceptors (Lipinski definition) is 6. The summed E-state index contributed by atoms with van der Waals surface area (Å²) in [4.78, 5) is 26.8. The Labute approximate surface area is 220 Å². The summed E-state index contributed by atoms with van der Waals surface area (Å²) in [6.07, 6.45) is 1.49. The molecule has 0 atom stereocenters. The molecule has 1 fully saturated rings. The largest absolute Gasteiger partial charge is 0.493 e. The van der Waals surface area contributed by atoms with Gasteiger partial charge in [0.1, 0.15) is 0 Å². The molecule has 1 N–H and O–H groups in total. The van der Waals surface area contributed by atoms with Crippen molar-refractivity contribution >= 4 is 29.6 Å². The molecule has 3 aromatic rings. The molecular formula is C27H29ClN4O5. The van der Waals surface area contributed by atoms with Crippen LogP contribution in [0.25, 0.3) is 5.69 Å². The number of nitrogens with zero attached hydrogens (tertiary/aromatic N) is 3. The van der Waals surface area contributed by atoms with E-state index in [1.807, 2.05) is 36.6 Å². The number of aromatic nitrogens is 1. The van der Waals surface area contributed by atoms with Crippen molar-refractivity contribution in [3.8, 4) is 17.2 Å². The molecule has 0 spiro atoms. The van der Waals surface area contributed by atoms with Crippen LogP contribution in [0.5, 0.6) is 11.5 Å². The Bertz CT molecular complexity index is 1290. The Kier molecular flexibility index (Phi) is 8.47. The van der Waals surface area contributed by atoms with Crippen LogP contribution in [0.4, 0.5) is 0 Å². The molecule has 4 rings (SSSR count). The lowest BCUT2D eigenvalue weighted by Crippen LogP contribution is -2.43. The minimum absolute atomic E-state index is 0.0955. The van der Waals surface area contributed by atoms with Crippen LogP contribution in [0.2, 0.25) is 5.02 Å². The Hall–Kier alpha value is -3.82. The average Bonchev–Trinajstić information content (AvgIpc) is 3.25. The number of halogens is 1. The highest BCUT2D eigenvalue weighted by Crippen LogP contribution is 2.28. The van der Waals surface area contributed by atoms with E-state index in [0.717, 1.165) is 17.1 Å². The summed E-state index contributed by atoms with van der Waals surface area (Å²) in [5, 5.41) is 4.40. The van der Waals surface area contributed by atoms with Gasteiger partial charge in [-0.15, -0.1) is 0 Å². The van der Waals surface area contributed by atoms with Crippen LogP contribution < -0.4 is 14.9 Å². The van der Waals surface area contributed by atoms with Crippen LogP contribution >= 0.6 is 11.6 Å². The summed E-state index contributed by atoms with van der Waals surface area (Å²) in [6, 6.07) is 14.5. The molecule has 10 heteroatoms. The number of methoxy groups -OCH3 is 1. The molecule has 1 aliphatic rings. The number of hydrogen-bond donors (Lipinski definition) is 1. The van der Waals surface area contributed by atoms with Crippen molar-refractivity contribution in [3.05, 3.63) is 76.1 Å². The average molecular weight is 525 g/mol. The van der Waals surface area contributed by atoms with Crippen LogP contribution in [-0.4, -0.2) is 67.5 Å². The first kappa shape index (κ1) is 26.2. The number of hydrazone groups is 1. The topological polar surface area (TPSA) is 94.4 Å². The lowest BCUT2D eigenvalue weighted by atomic mass is 10.2. The third kappa shape index (κ3) is 6.31. The summed E-state index contributed by atoms with van der Waals surface area (Å²) < 4.78 is 18.4. The minimum Gasteiger partial charge on any atom is -0.493 e. The molecular weight excluding hydrogens is 496 g/mol. The maximum atomic E-state index is 12.8. The van der Waals surface area contributed by atoms with Gasteiger partial charge < -0.3 is 23.7 Å². The van der Waals surface area contributed by atoms with Crippen LogP contribution in [0, 0.1) is 13.8 Å². The molecule has 0 aliphatic carbocycles. The van der Waals surface area contributed by atoms with Gasteiger partial charge in [-0.05, 0) is 67.9 Å². The number of benzene rings is 2. The predicted octanol–water partition coefficient (Wildman–Crippen LogP) is 3.76. The van der Waals surface area contributed by atoms with Gasteiger partial charge in [0.05, 0.1) is 37.1 Å². The molecule has 9 nitrogen and oxygen atoms in total. The van der Waals surface area contributed by atoms with Gasteiger partial charge in [-0.3, -0.25) is 9.59 Å². The van der Waals surface area contributed by atoms with Crippen LogP contribution in [0.1, 0.15) is 27.3 Å². The number of amides is 2. The van der Waals surface area contributed by atoms with Gasteiger partial charge in [0, 0.05) is 30.2 Å². The Balaban J connectivity index is 1.40. The lowest BCUT2D eigenvalue weighted by molar-refractivity contribution is -0.137. The van der Waals surface area contributed by atoms with Crippen molar-refractivity contribution in [3.63, 3.8) is 0 Å². The van der Waals surface area contributed by atoms with Gasteiger partial charge in [-0.1, -0.05) is 11.6 Å². The normalized spacial score (nSPS) is 13.6. The molecule has 0 bridgehead atoms. The minimum atomic E-state index is -0.431. The third-order valence-electron chi connectivity index (χ3n) is 6.01. The maximum Gasteiger partial charge on any atom is 0.272 e. The van der Waals surface area contributed by atoms with Gasteiger partial charge in [-0.25, -0.2) is 5.43 Å². The van der Waals surface area contributed by atoms with Gasteiger partial charge in [0.15, 0.2) is 18.1 Å². The summed E-state index contributed by atoms with van der Waals surface area (Å²) >= 11 is 6.30. The third-order valence-corrected chi connectivity index (χ3v) is 6.34. The Morgan fingerprint density at radius 3 is 2.49 bits per heavy atom. The van der Waals surface area contributed by atoms with E-state index in [1.165, 1.54) is 13.3 Å². The van der Waals surface area contributed by atoms with Crippen LogP contribution in [0.3, 0.4) is 0 Å². The summed E-state index contributed by atoms with van der Waals surface area (Å²) in [7, 11) is 1.51. The fraction of sp³-hybridized carbons (Fsp3) is 0.296. The summed E-state index contributed by atoms with van der Waals surface area (Å²) in [5.74, 6) is 0.338. The quantitative estimate of drug-likeness (QED) is 0.358. The van der Waals surface area contributed by atoms with Crippen molar-refractivity contribution in [1.82, 2.24) is 14.9 Å². The van der Waals surface area contributed by atoms with Gasteiger partial charge in [-0.2, -0.15) is 5.10 Å². The van der Waals surface area contributed by atoms with Gasteiger partial charge >= 0.3 is 0 Å². The lowest BCUT2D eigenvalue weighted by Gasteiger charge is -2.26. The zero-order valence-corrected chi connectivity index (χ0v) is 21.7. The molecule has 1 aromatic heterocycles.